The summed E-state index contributed by atoms with van der Waals surface area (Å²) < 4.78 is 18.3. The van der Waals surface area contributed by atoms with E-state index in [2.05, 4.69) is 29.6 Å². The van der Waals surface area contributed by atoms with Gasteiger partial charge in [-0.05, 0) is 42.0 Å². The van der Waals surface area contributed by atoms with Crippen molar-refractivity contribution in [1.82, 2.24) is 0 Å². The second-order valence-corrected chi connectivity index (χ2v) is 5.21. The maximum atomic E-state index is 13.1. The summed E-state index contributed by atoms with van der Waals surface area (Å²) in [4.78, 5) is 0. The molecule has 1 aliphatic rings. The Balaban J connectivity index is 1.66. The van der Waals surface area contributed by atoms with Gasteiger partial charge in [0.15, 0.2) is 0 Å². The van der Waals surface area contributed by atoms with Crippen molar-refractivity contribution in [3.8, 4) is 5.75 Å². The van der Waals surface area contributed by atoms with Crippen LogP contribution >= 0.6 is 0 Å². The van der Waals surface area contributed by atoms with E-state index in [4.69, 9.17) is 4.74 Å². The van der Waals surface area contributed by atoms with Gasteiger partial charge in [-0.3, -0.25) is 0 Å². The van der Waals surface area contributed by atoms with Crippen molar-refractivity contribution in [3.05, 3.63) is 59.4 Å². The lowest BCUT2D eigenvalue weighted by molar-refractivity contribution is 0.413. The summed E-state index contributed by atoms with van der Waals surface area (Å²) in [5, 5.41) is 3.28. The van der Waals surface area contributed by atoms with Crippen LogP contribution < -0.4 is 10.1 Å². The van der Waals surface area contributed by atoms with Crippen molar-refractivity contribution in [2.75, 3.05) is 12.4 Å². The molecule has 0 radical (unpaired) electrons. The summed E-state index contributed by atoms with van der Waals surface area (Å²) in [6.07, 6.45) is 2.65. The third kappa shape index (κ3) is 2.93. The zero-order valence-electron chi connectivity index (χ0n) is 11.5. The van der Waals surface area contributed by atoms with Gasteiger partial charge in [-0.15, -0.1) is 0 Å². The molecule has 20 heavy (non-hydrogen) atoms. The van der Waals surface area contributed by atoms with Crippen LogP contribution in [-0.2, 0) is 6.54 Å². The second-order valence-electron chi connectivity index (χ2n) is 5.21. The molecule has 1 N–H and O–H groups in total. The monoisotopic (exact) mass is 271 g/mol. The predicted octanol–water partition coefficient (Wildman–Crippen LogP) is 4.32. The molecule has 2 aromatic carbocycles. The Labute approximate surface area is 118 Å². The van der Waals surface area contributed by atoms with E-state index in [0.29, 0.717) is 12.3 Å². The first kappa shape index (κ1) is 13.0. The summed E-state index contributed by atoms with van der Waals surface area (Å²) in [7, 11) is 1.55. The molecule has 0 unspecified atom stereocenters. The SMILES string of the molecule is COc1cc(F)ccc1NCc1ccc(C2CC2)cc1. The van der Waals surface area contributed by atoms with E-state index >= 15 is 0 Å². The molecule has 0 amide bonds. The summed E-state index contributed by atoms with van der Waals surface area (Å²) in [6, 6.07) is 13.2. The van der Waals surface area contributed by atoms with E-state index in [1.807, 2.05) is 0 Å². The van der Waals surface area contributed by atoms with Gasteiger partial charge >= 0.3 is 0 Å². The molecular formula is C17H18FNO. The fourth-order valence-electron chi connectivity index (χ4n) is 2.33. The molecular weight excluding hydrogens is 253 g/mol. The minimum absolute atomic E-state index is 0.291. The number of hydrogen-bond donors (Lipinski definition) is 1. The standard InChI is InChI=1S/C17H18FNO/c1-20-17-10-15(18)8-9-16(17)19-11-12-2-4-13(5-3-12)14-6-7-14/h2-5,8-10,14,19H,6-7,11H2,1H3. The molecule has 1 saturated carbocycles. The fraction of sp³-hybridized carbons (Fsp3) is 0.294. The normalized spacial score (nSPS) is 14.1. The van der Waals surface area contributed by atoms with Gasteiger partial charge in [-0.2, -0.15) is 0 Å². The van der Waals surface area contributed by atoms with Crippen LogP contribution in [0.1, 0.15) is 29.9 Å². The quantitative estimate of drug-likeness (QED) is 0.874. The van der Waals surface area contributed by atoms with Crippen LogP contribution in [0, 0.1) is 5.82 Å². The highest BCUT2D eigenvalue weighted by Gasteiger charge is 2.22. The van der Waals surface area contributed by atoms with Crippen LogP contribution in [0.5, 0.6) is 5.75 Å². The van der Waals surface area contributed by atoms with E-state index < -0.39 is 0 Å². The minimum Gasteiger partial charge on any atom is -0.494 e. The van der Waals surface area contributed by atoms with Crippen LogP contribution in [0.15, 0.2) is 42.5 Å². The molecule has 104 valence electrons. The van der Waals surface area contributed by atoms with Gasteiger partial charge in [0.1, 0.15) is 11.6 Å². The molecule has 0 saturated heterocycles. The van der Waals surface area contributed by atoms with Gasteiger partial charge in [0, 0.05) is 12.6 Å². The highest BCUT2D eigenvalue weighted by atomic mass is 19.1. The first-order valence-corrected chi connectivity index (χ1v) is 6.92. The number of hydrogen-bond acceptors (Lipinski definition) is 2. The molecule has 0 bridgehead atoms. The largest absolute Gasteiger partial charge is 0.494 e. The highest BCUT2D eigenvalue weighted by Crippen LogP contribution is 2.39. The molecule has 1 aliphatic carbocycles. The number of ether oxygens (including phenoxy) is 1. The van der Waals surface area contributed by atoms with E-state index in [-0.39, 0.29) is 5.82 Å². The van der Waals surface area contributed by atoms with Crippen LogP contribution in [-0.4, -0.2) is 7.11 Å². The summed E-state index contributed by atoms with van der Waals surface area (Å²) in [5.41, 5.74) is 3.45. The average molecular weight is 271 g/mol. The number of methoxy groups -OCH3 is 1. The topological polar surface area (TPSA) is 21.3 Å². The number of benzene rings is 2. The van der Waals surface area contributed by atoms with E-state index in [0.717, 1.165) is 11.6 Å². The average Bonchev–Trinajstić information content (AvgIpc) is 3.31. The third-order valence-corrected chi connectivity index (χ3v) is 3.68. The van der Waals surface area contributed by atoms with E-state index in [1.54, 1.807) is 13.2 Å². The highest BCUT2D eigenvalue weighted by molar-refractivity contribution is 5.56. The zero-order chi connectivity index (χ0) is 13.9. The van der Waals surface area contributed by atoms with Gasteiger partial charge < -0.3 is 10.1 Å². The number of rotatable bonds is 5. The molecule has 2 aromatic rings. The first-order chi connectivity index (χ1) is 9.76. The Morgan fingerprint density at radius 3 is 2.55 bits per heavy atom. The van der Waals surface area contributed by atoms with Gasteiger partial charge in [-0.1, -0.05) is 24.3 Å². The molecule has 3 rings (SSSR count). The molecule has 0 aliphatic heterocycles. The number of nitrogens with one attached hydrogen (secondary N) is 1. The lowest BCUT2D eigenvalue weighted by Crippen LogP contribution is -2.01. The molecule has 0 aromatic heterocycles. The van der Waals surface area contributed by atoms with Crippen molar-refractivity contribution in [1.29, 1.82) is 0 Å². The Morgan fingerprint density at radius 1 is 1.15 bits per heavy atom. The van der Waals surface area contributed by atoms with Crippen LogP contribution in [0.3, 0.4) is 0 Å². The van der Waals surface area contributed by atoms with Gasteiger partial charge in [0.05, 0.1) is 12.8 Å². The van der Waals surface area contributed by atoms with E-state index in [9.17, 15) is 4.39 Å². The van der Waals surface area contributed by atoms with Crippen molar-refractivity contribution in [2.24, 2.45) is 0 Å². The fourth-order valence-corrected chi connectivity index (χ4v) is 2.33. The first-order valence-electron chi connectivity index (χ1n) is 6.92. The lowest BCUT2D eigenvalue weighted by Gasteiger charge is -2.11. The molecule has 3 heteroatoms. The summed E-state index contributed by atoms with van der Waals surface area (Å²) in [5.74, 6) is 1.02. The van der Waals surface area contributed by atoms with Crippen molar-refractivity contribution < 1.29 is 9.13 Å². The third-order valence-electron chi connectivity index (χ3n) is 3.68. The zero-order valence-corrected chi connectivity index (χ0v) is 11.5. The summed E-state index contributed by atoms with van der Waals surface area (Å²) in [6.45, 7) is 0.701. The smallest absolute Gasteiger partial charge is 0.144 e. The molecule has 0 heterocycles. The van der Waals surface area contributed by atoms with Gasteiger partial charge in [-0.25, -0.2) is 4.39 Å². The van der Waals surface area contributed by atoms with Crippen LogP contribution in [0.2, 0.25) is 0 Å². The maximum absolute atomic E-state index is 13.1. The minimum atomic E-state index is -0.291. The number of anilines is 1. The molecule has 0 atom stereocenters. The van der Waals surface area contributed by atoms with Crippen LogP contribution in [0.25, 0.3) is 0 Å². The van der Waals surface area contributed by atoms with E-state index in [1.165, 1.54) is 36.1 Å². The van der Waals surface area contributed by atoms with Crippen LogP contribution in [0.4, 0.5) is 10.1 Å². The number of halogens is 1. The Hall–Kier alpha value is -2.03. The van der Waals surface area contributed by atoms with Crippen molar-refractivity contribution >= 4 is 5.69 Å². The van der Waals surface area contributed by atoms with Crippen molar-refractivity contribution in [3.63, 3.8) is 0 Å². The Bertz CT molecular complexity index is 590. The second kappa shape index (κ2) is 5.53. The van der Waals surface area contributed by atoms with Crippen molar-refractivity contribution in [2.45, 2.75) is 25.3 Å². The maximum Gasteiger partial charge on any atom is 0.144 e. The Kier molecular flexibility index (Phi) is 3.59. The van der Waals surface area contributed by atoms with Gasteiger partial charge in [0.25, 0.3) is 0 Å². The molecule has 1 fully saturated rings. The Morgan fingerprint density at radius 2 is 1.90 bits per heavy atom. The lowest BCUT2D eigenvalue weighted by atomic mass is 10.1. The predicted molar refractivity (Wildman–Crippen MR) is 78.7 cm³/mol. The summed E-state index contributed by atoms with van der Waals surface area (Å²) >= 11 is 0. The van der Waals surface area contributed by atoms with Gasteiger partial charge in [0.2, 0.25) is 0 Å². The molecule has 0 spiro atoms. The molecule has 2 nitrogen and oxygen atoms in total.